The maximum absolute atomic E-state index is 12.3. The van der Waals surface area contributed by atoms with E-state index in [0.29, 0.717) is 17.6 Å². The van der Waals surface area contributed by atoms with Crippen LogP contribution in [0.25, 0.3) is 0 Å². The van der Waals surface area contributed by atoms with Crippen molar-refractivity contribution >= 4 is 17.5 Å². The fourth-order valence-corrected chi connectivity index (χ4v) is 2.66. The Morgan fingerprint density at radius 3 is 2.53 bits per heavy atom. The largest absolute Gasteiger partial charge is 0.303 e. The zero-order valence-electron chi connectivity index (χ0n) is 11.0. The van der Waals surface area contributed by atoms with E-state index in [2.05, 4.69) is 12.2 Å². The molecule has 19 heavy (non-hydrogen) atoms. The molecule has 0 spiro atoms. The van der Waals surface area contributed by atoms with Crippen molar-refractivity contribution in [1.29, 1.82) is 0 Å². The van der Waals surface area contributed by atoms with Crippen molar-refractivity contribution in [3.05, 3.63) is 30.3 Å². The molecule has 1 heterocycles. The molecule has 2 aliphatic rings. The number of carbonyl (C=O) groups is 2. The zero-order valence-corrected chi connectivity index (χ0v) is 11.0. The Labute approximate surface area is 112 Å². The van der Waals surface area contributed by atoms with Gasteiger partial charge in [0.05, 0.1) is 18.2 Å². The number of carbonyl (C=O) groups excluding carboxylic acids is 2. The summed E-state index contributed by atoms with van der Waals surface area (Å²) in [6, 6.07) is 9.10. The van der Waals surface area contributed by atoms with E-state index < -0.39 is 0 Å². The van der Waals surface area contributed by atoms with Crippen LogP contribution in [0.4, 0.5) is 5.69 Å². The third kappa shape index (κ3) is 2.40. The first kappa shape index (κ1) is 12.4. The van der Waals surface area contributed by atoms with Crippen LogP contribution in [-0.4, -0.2) is 23.9 Å². The smallest absolute Gasteiger partial charge is 0.251 e. The molecule has 1 aromatic rings. The number of nitrogens with one attached hydrogen (secondary N) is 1. The topological polar surface area (TPSA) is 49.4 Å². The summed E-state index contributed by atoms with van der Waals surface area (Å²) in [6.07, 6.45) is 2.72. The lowest BCUT2D eigenvalue weighted by Gasteiger charge is -2.18. The Balaban J connectivity index is 1.73. The zero-order chi connectivity index (χ0) is 13.4. The third-order valence-corrected chi connectivity index (χ3v) is 3.95. The van der Waals surface area contributed by atoms with Crippen LogP contribution >= 0.6 is 0 Å². The molecule has 1 N–H and O–H groups in total. The van der Waals surface area contributed by atoms with E-state index in [4.69, 9.17) is 0 Å². The van der Waals surface area contributed by atoms with Gasteiger partial charge in [0.2, 0.25) is 5.91 Å². The maximum Gasteiger partial charge on any atom is 0.251 e. The van der Waals surface area contributed by atoms with E-state index >= 15 is 0 Å². The van der Waals surface area contributed by atoms with Crippen molar-refractivity contribution in [2.75, 3.05) is 4.90 Å². The van der Waals surface area contributed by atoms with Crippen LogP contribution in [0, 0.1) is 5.92 Å². The predicted molar refractivity (Wildman–Crippen MR) is 72.7 cm³/mol. The molecule has 0 aromatic heterocycles. The number of benzene rings is 1. The van der Waals surface area contributed by atoms with Crippen molar-refractivity contribution in [2.24, 2.45) is 5.92 Å². The van der Waals surface area contributed by atoms with Crippen molar-refractivity contribution in [2.45, 2.75) is 38.3 Å². The van der Waals surface area contributed by atoms with Gasteiger partial charge in [0.25, 0.3) is 5.91 Å². The first-order chi connectivity index (χ1) is 9.16. The quantitative estimate of drug-likeness (QED) is 0.836. The van der Waals surface area contributed by atoms with Crippen LogP contribution in [0.3, 0.4) is 0 Å². The van der Waals surface area contributed by atoms with E-state index in [-0.39, 0.29) is 24.3 Å². The normalized spacial score (nSPS) is 24.9. The number of imide groups is 1. The summed E-state index contributed by atoms with van der Waals surface area (Å²) in [4.78, 5) is 25.7. The Morgan fingerprint density at radius 1 is 1.21 bits per heavy atom. The molecule has 2 fully saturated rings. The van der Waals surface area contributed by atoms with Crippen LogP contribution in [0.1, 0.15) is 26.2 Å². The number of para-hydroxylation sites is 1. The number of hydrogen-bond acceptors (Lipinski definition) is 3. The molecule has 4 nitrogen and oxygen atoms in total. The molecule has 2 unspecified atom stereocenters. The van der Waals surface area contributed by atoms with Gasteiger partial charge in [-0.1, -0.05) is 18.2 Å². The van der Waals surface area contributed by atoms with Gasteiger partial charge in [-0.05, 0) is 37.8 Å². The Hall–Kier alpha value is -1.68. The number of nitrogens with zero attached hydrogens (tertiary/aromatic N) is 1. The van der Waals surface area contributed by atoms with E-state index in [1.165, 1.54) is 17.7 Å². The number of hydrogen-bond donors (Lipinski definition) is 1. The van der Waals surface area contributed by atoms with Gasteiger partial charge >= 0.3 is 0 Å². The lowest BCUT2D eigenvalue weighted by atomic mass is 10.1. The number of amides is 2. The van der Waals surface area contributed by atoms with E-state index in [1.54, 1.807) is 12.1 Å². The lowest BCUT2D eigenvalue weighted by Crippen LogP contribution is -2.43. The molecular formula is C15H18N2O2. The average Bonchev–Trinajstić information content (AvgIpc) is 3.20. The summed E-state index contributed by atoms with van der Waals surface area (Å²) < 4.78 is 0. The Bertz CT molecular complexity index is 496. The maximum atomic E-state index is 12.3. The molecule has 1 saturated carbocycles. The van der Waals surface area contributed by atoms with Gasteiger partial charge in [-0.3, -0.25) is 9.59 Å². The second-order valence-electron chi connectivity index (χ2n) is 5.45. The highest BCUT2D eigenvalue weighted by atomic mass is 16.2. The van der Waals surface area contributed by atoms with Crippen molar-refractivity contribution in [3.8, 4) is 0 Å². The molecule has 1 aromatic carbocycles. The fraction of sp³-hybridized carbons (Fsp3) is 0.467. The molecule has 3 rings (SSSR count). The molecule has 4 heteroatoms. The van der Waals surface area contributed by atoms with E-state index in [9.17, 15) is 9.59 Å². The first-order valence-corrected chi connectivity index (χ1v) is 6.84. The number of anilines is 1. The Morgan fingerprint density at radius 2 is 1.89 bits per heavy atom. The van der Waals surface area contributed by atoms with Crippen molar-refractivity contribution in [1.82, 2.24) is 5.32 Å². The predicted octanol–water partition coefficient (Wildman–Crippen LogP) is 1.71. The summed E-state index contributed by atoms with van der Waals surface area (Å²) in [6.45, 7) is 2.10. The molecule has 2 amide bonds. The molecule has 2 atom stereocenters. The summed E-state index contributed by atoms with van der Waals surface area (Å²) in [5.74, 6) is 0.439. The van der Waals surface area contributed by atoms with E-state index in [0.717, 1.165) is 0 Å². The van der Waals surface area contributed by atoms with Crippen LogP contribution in [-0.2, 0) is 9.59 Å². The van der Waals surface area contributed by atoms with Crippen LogP contribution < -0.4 is 10.2 Å². The van der Waals surface area contributed by atoms with Crippen LogP contribution in [0.15, 0.2) is 30.3 Å². The van der Waals surface area contributed by atoms with Crippen LogP contribution in [0.2, 0.25) is 0 Å². The average molecular weight is 258 g/mol. The standard InChI is InChI=1S/C15H18N2O2/c1-10(11-7-8-11)16-13-9-14(18)17(15(13)19)12-5-3-2-4-6-12/h2-6,10-11,13,16H,7-9H2,1H3. The molecule has 1 saturated heterocycles. The van der Waals surface area contributed by atoms with Gasteiger partial charge in [0.15, 0.2) is 0 Å². The second kappa shape index (κ2) is 4.78. The van der Waals surface area contributed by atoms with Crippen molar-refractivity contribution < 1.29 is 9.59 Å². The fourth-order valence-electron chi connectivity index (χ4n) is 2.66. The summed E-state index contributed by atoms with van der Waals surface area (Å²) in [5.41, 5.74) is 0.667. The van der Waals surface area contributed by atoms with Gasteiger partial charge in [-0.2, -0.15) is 0 Å². The lowest BCUT2D eigenvalue weighted by molar-refractivity contribution is -0.121. The molecule has 0 bridgehead atoms. The minimum atomic E-state index is -0.358. The second-order valence-corrected chi connectivity index (χ2v) is 5.45. The molecule has 0 radical (unpaired) electrons. The minimum absolute atomic E-state index is 0.114. The van der Waals surface area contributed by atoms with Gasteiger partial charge < -0.3 is 5.32 Å². The monoisotopic (exact) mass is 258 g/mol. The van der Waals surface area contributed by atoms with Gasteiger partial charge in [0, 0.05) is 6.04 Å². The molecule has 1 aliphatic heterocycles. The van der Waals surface area contributed by atoms with Gasteiger partial charge in [0.1, 0.15) is 0 Å². The molecule has 1 aliphatic carbocycles. The van der Waals surface area contributed by atoms with Crippen LogP contribution in [0.5, 0.6) is 0 Å². The highest BCUT2D eigenvalue weighted by Gasteiger charge is 2.41. The summed E-state index contributed by atoms with van der Waals surface area (Å²) in [7, 11) is 0. The highest BCUT2D eigenvalue weighted by molar-refractivity contribution is 6.22. The van der Waals surface area contributed by atoms with Gasteiger partial charge in [-0.25, -0.2) is 4.90 Å². The minimum Gasteiger partial charge on any atom is -0.303 e. The summed E-state index contributed by atoms with van der Waals surface area (Å²) in [5, 5.41) is 3.31. The summed E-state index contributed by atoms with van der Waals surface area (Å²) >= 11 is 0. The number of rotatable bonds is 4. The van der Waals surface area contributed by atoms with Crippen molar-refractivity contribution in [3.63, 3.8) is 0 Å². The Kier molecular flexibility index (Phi) is 3.11. The highest BCUT2D eigenvalue weighted by Crippen LogP contribution is 2.33. The third-order valence-electron chi connectivity index (χ3n) is 3.95. The SMILES string of the molecule is CC(NC1CC(=O)N(c2ccccc2)C1=O)C1CC1. The van der Waals surface area contributed by atoms with Gasteiger partial charge in [-0.15, -0.1) is 0 Å². The molecule has 100 valence electrons. The molecular weight excluding hydrogens is 240 g/mol. The first-order valence-electron chi connectivity index (χ1n) is 6.84. The van der Waals surface area contributed by atoms with E-state index in [1.807, 2.05) is 18.2 Å².